The summed E-state index contributed by atoms with van der Waals surface area (Å²) in [5.41, 5.74) is -0.441. The molecule has 0 aliphatic carbocycles. The molecular formula is C13H13BrN2O4. The molecule has 1 spiro atoms. The quantitative estimate of drug-likeness (QED) is 0.627. The molecule has 0 amide bonds. The molecule has 1 aromatic rings. The van der Waals surface area contributed by atoms with Crippen LogP contribution in [0, 0.1) is 10.1 Å². The van der Waals surface area contributed by atoms with Gasteiger partial charge in [-0.15, -0.1) is 0 Å². The van der Waals surface area contributed by atoms with E-state index in [0.717, 1.165) is 13.1 Å². The number of nitro groups is 1. The minimum atomic E-state index is -0.589. The van der Waals surface area contributed by atoms with E-state index in [1.807, 2.05) is 0 Å². The molecule has 0 radical (unpaired) electrons. The third kappa shape index (κ3) is 2.20. The second-order valence-corrected chi connectivity index (χ2v) is 6.11. The van der Waals surface area contributed by atoms with E-state index in [4.69, 9.17) is 4.74 Å². The first-order chi connectivity index (χ1) is 9.51. The molecule has 0 bridgehead atoms. The van der Waals surface area contributed by atoms with Gasteiger partial charge >= 0.3 is 5.69 Å². The molecule has 106 valence electrons. The van der Waals surface area contributed by atoms with E-state index in [2.05, 4.69) is 21.2 Å². The van der Waals surface area contributed by atoms with Crippen LogP contribution in [-0.2, 0) is 0 Å². The summed E-state index contributed by atoms with van der Waals surface area (Å²) < 4.78 is 6.47. The van der Waals surface area contributed by atoms with Gasteiger partial charge in [0.2, 0.25) is 5.75 Å². The molecule has 2 aliphatic heterocycles. The maximum atomic E-state index is 12.3. The molecule has 3 rings (SSSR count). The summed E-state index contributed by atoms with van der Waals surface area (Å²) in [7, 11) is 0. The molecule has 2 heterocycles. The number of ketones is 1. The van der Waals surface area contributed by atoms with Crippen LogP contribution in [0.1, 0.15) is 29.6 Å². The van der Waals surface area contributed by atoms with Gasteiger partial charge in [0.05, 0.1) is 16.9 Å². The van der Waals surface area contributed by atoms with Gasteiger partial charge in [-0.1, -0.05) is 15.9 Å². The molecule has 1 aromatic carbocycles. The highest BCUT2D eigenvalue weighted by Crippen LogP contribution is 2.44. The third-order valence-electron chi connectivity index (χ3n) is 3.85. The smallest absolute Gasteiger partial charge is 0.312 e. The lowest BCUT2D eigenvalue weighted by atomic mass is 9.83. The van der Waals surface area contributed by atoms with Crippen LogP contribution < -0.4 is 10.1 Å². The molecule has 0 atom stereocenters. The van der Waals surface area contributed by atoms with Crippen molar-refractivity contribution in [1.29, 1.82) is 0 Å². The standard InChI is InChI=1S/C13H13BrN2O4/c14-8-5-9-11(17)7-13(1-3-15-4-2-13)20-12(9)10(6-8)16(18)19/h5-6,15H,1-4,7H2. The molecule has 7 heteroatoms. The van der Waals surface area contributed by atoms with E-state index in [1.165, 1.54) is 6.07 Å². The molecule has 2 aliphatic rings. The zero-order chi connectivity index (χ0) is 14.3. The van der Waals surface area contributed by atoms with Gasteiger partial charge in [-0.05, 0) is 19.2 Å². The Bertz CT molecular complexity index is 579. The molecule has 0 saturated carbocycles. The number of rotatable bonds is 1. The largest absolute Gasteiger partial charge is 0.479 e. The van der Waals surface area contributed by atoms with E-state index < -0.39 is 10.5 Å². The fourth-order valence-corrected chi connectivity index (χ4v) is 3.28. The summed E-state index contributed by atoms with van der Waals surface area (Å²) in [5.74, 6) is 0.0360. The van der Waals surface area contributed by atoms with Crippen LogP contribution in [0.5, 0.6) is 5.75 Å². The number of benzene rings is 1. The predicted molar refractivity (Wildman–Crippen MR) is 75.2 cm³/mol. The van der Waals surface area contributed by atoms with Crippen LogP contribution in [-0.4, -0.2) is 29.4 Å². The van der Waals surface area contributed by atoms with Gasteiger partial charge in [-0.25, -0.2) is 0 Å². The first-order valence-electron chi connectivity index (χ1n) is 6.42. The number of halogens is 1. The number of nitro benzene ring substituents is 1. The van der Waals surface area contributed by atoms with Gasteiger partial charge in [-0.3, -0.25) is 14.9 Å². The minimum Gasteiger partial charge on any atom is -0.479 e. The van der Waals surface area contributed by atoms with Gasteiger partial charge in [-0.2, -0.15) is 0 Å². The fraction of sp³-hybridized carbons (Fsp3) is 0.462. The number of hydrogen-bond donors (Lipinski definition) is 1. The lowest BCUT2D eigenvalue weighted by Gasteiger charge is -2.40. The first-order valence-corrected chi connectivity index (χ1v) is 7.21. The highest BCUT2D eigenvalue weighted by Gasteiger charge is 2.44. The topological polar surface area (TPSA) is 81.5 Å². The van der Waals surface area contributed by atoms with Gasteiger partial charge in [0, 0.05) is 23.4 Å². The molecule has 1 fully saturated rings. The first kappa shape index (κ1) is 13.5. The number of nitrogens with zero attached hydrogens (tertiary/aromatic N) is 1. The lowest BCUT2D eigenvalue weighted by Crippen LogP contribution is -2.49. The van der Waals surface area contributed by atoms with Crippen LogP contribution in [0.4, 0.5) is 5.69 Å². The zero-order valence-corrected chi connectivity index (χ0v) is 12.2. The Kier molecular flexibility index (Phi) is 3.25. The van der Waals surface area contributed by atoms with Crippen LogP contribution in [0.25, 0.3) is 0 Å². The van der Waals surface area contributed by atoms with Crippen molar-refractivity contribution in [3.8, 4) is 5.75 Å². The number of carbonyl (C=O) groups excluding carboxylic acids is 1. The van der Waals surface area contributed by atoms with Crippen molar-refractivity contribution in [3.05, 3.63) is 32.3 Å². The molecule has 0 unspecified atom stereocenters. The average Bonchev–Trinajstić information content (AvgIpc) is 2.40. The maximum Gasteiger partial charge on any atom is 0.312 e. The molecule has 1 N–H and O–H groups in total. The van der Waals surface area contributed by atoms with Gasteiger partial charge in [0.15, 0.2) is 5.78 Å². The zero-order valence-electron chi connectivity index (χ0n) is 10.6. The number of piperidine rings is 1. The molecule has 1 saturated heterocycles. The van der Waals surface area contributed by atoms with E-state index in [9.17, 15) is 14.9 Å². The van der Waals surface area contributed by atoms with E-state index >= 15 is 0 Å². The second-order valence-electron chi connectivity index (χ2n) is 5.19. The summed E-state index contributed by atoms with van der Waals surface area (Å²) in [4.78, 5) is 23.0. The number of fused-ring (bicyclic) bond motifs is 1. The van der Waals surface area contributed by atoms with Crippen LogP contribution in [0.2, 0.25) is 0 Å². The van der Waals surface area contributed by atoms with Crippen LogP contribution >= 0.6 is 15.9 Å². The summed E-state index contributed by atoms with van der Waals surface area (Å²) in [6.45, 7) is 1.51. The van der Waals surface area contributed by atoms with Gasteiger partial charge in [0.25, 0.3) is 0 Å². The normalized spacial score (nSPS) is 20.4. The SMILES string of the molecule is O=C1CC2(CCNCC2)Oc2c1cc(Br)cc2[N+](=O)[O-]. The van der Waals surface area contributed by atoms with Gasteiger partial charge < -0.3 is 10.1 Å². The van der Waals surface area contributed by atoms with E-state index in [-0.39, 0.29) is 23.6 Å². The number of Topliss-reactive ketones (excluding diaryl/α,β-unsaturated/α-hetero) is 1. The van der Waals surface area contributed by atoms with Crippen molar-refractivity contribution in [2.75, 3.05) is 13.1 Å². The Hall–Kier alpha value is -1.47. The number of nitrogens with one attached hydrogen (secondary N) is 1. The summed E-state index contributed by atoms with van der Waals surface area (Å²) in [5, 5.41) is 14.4. The molecule has 0 aromatic heterocycles. The Morgan fingerprint density at radius 2 is 2.05 bits per heavy atom. The molecular weight excluding hydrogens is 328 g/mol. The summed E-state index contributed by atoms with van der Waals surface area (Å²) >= 11 is 3.20. The Labute approximate surface area is 123 Å². The van der Waals surface area contributed by atoms with Crippen molar-refractivity contribution in [2.45, 2.75) is 24.9 Å². The highest BCUT2D eigenvalue weighted by atomic mass is 79.9. The third-order valence-corrected chi connectivity index (χ3v) is 4.31. The van der Waals surface area contributed by atoms with Crippen LogP contribution in [0.15, 0.2) is 16.6 Å². The molecule has 6 nitrogen and oxygen atoms in total. The predicted octanol–water partition coefficient (Wildman–Crippen LogP) is 2.44. The molecule has 20 heavy (non-hydrogen) atoms. The monoisotopic (exact) mass is 340 g/mol. The average molecular weight is 341 g/mol. The Morgan fingerprint density at radius 1 is 1.35 bits per heavy atom. The Balaban J connectivity index is 2.10. The number of hydrogen-bond acceptors (Lipinski definition) is 5. The number of ether oxygens (including phenoxy) is 1. The van der Waals surface area contributed by atoms with Crippen molar-refractivity contribution in [3.63, 3.8) is 0 Å². The van der Waals surface area contributed by atoms with Crippen molar-refractivity contribution < 1.29 is 14.5 Å². The van der Waals surface area contributed by atoms with Crippen molar-refractivity contribution in [2.24, 2.45) is 0 Å². The van der Waals surface area contributed by atoms with Crippen LogP contribution in [0.3, 0.4) is 0 Å². The minimum absolute atomic E-state index is 0.0856. The van der Waals surface area contributed by atoms with E-state index in [0.29, 0.717) is 22.9 Å². The van der Waals surface area contributed by atoms with Crippen molar-refractivity contribution >= 4 is 27.4 Å². The Morgan fingerprint density at radius 3 is 2.70 bits per heavy atom. The second kappa shape index (κ2) is 4.82. The maximum absolute atomic E-state index is 12.3. The van der Waals surface area contributed by atoms with E-state index in [1.54, 1.807) is 6.07 Å². The van der Waals surface area contributed by atoms with Crippen molar-refractivity contribution in [1.82, 2.24) is 5.32 Å². The highest BCUT2D eigenvalue weighted by molar-refractivity contribution is 9.10. The number of carbonyl (C=O) groups is 1. The summed E-state index contributed by atoms with van der Waals surface area (Å²) in [6.07, 6.45) is 1.66. The summed E-state index contributed by atoms with van der Waals surface area (Å²) in [6, 6.07) is 2.98. The lowest BCUT2D eigenvalue weighted by molar-refractivity contribution is -0.386. The fourth-order valence-electron chi connectivity index (χ4n) is 2.83. The van der Waals surface area contributed by atoms with Gasteiger partial charge in [0.1, 0.15) is 5.60 Å².